The van der Waals surface area contributed by atoms with Crippen LogP contribution in [-0.4, -0.2) is 54.5 Å². The van der Waals surface area contributed by atoms with Crippen LogP contribution >= 0.6 is 0 Å². The summed E-state index contributed by atoms with van der Waals surface area (Å²) in [6.07, 6.45) is 7.12. The molecule has 5 unspecified atom stereocenters. The van der Waals surface area contributed by atoms with E-state index < -0.39 is 5.79 Å². The van der Waals surface area contributed by atoms with Crippen molar-refractivity contribution in [2.75, 3.05) is 26.4 Å². The minimum absolute atomic E-state index is 0.0979. The lowest BCUT2D eigenvalue weighted by Crippen LogP contribution is -2.72. The van der Waals surface area contributed by atoms with E-state index in [1.165, 1.54) is 0 Å². The van der Waals surface area contributed by atoms with E-state index in [4.69, 9.17) is 23.8 Å². The van der Waals surface area contributed by atoms with Crippen LogP contribution in [0.15, 0.2) is 24.3 Å². The van der Waals surface area contributed by atoms with Crippen molar-refractivity contribution in [1.29, 1.82) is 0 Å². The van der Waals surface area contributed by atoms with E-state index >= 15 is 0 Å². The summed E-state index contributed by atoms with van der Waals surface area (Å²) in [7, 11) is 0. The Labute approximate surface area is 226 Å². The quantitative estimate of drug-likeness (QED) is 0.128. The molecule has 0 bridgehead atoms. The van der Waals surface area contributed by atoms with Crippen LogP contribution in [0.4, 0.5) is 0 Å². The highest BCUT2D eigenvalue weighted by Crippen LogP contribution is 2.53. The molecule has 2 heterocycles. The SMILES string of the molecule is CCCCOC1(OCCCC)CC(C)(CC)N(OC(C)c2ccc(OCC3CO3)cc2)C(C)(CC)C1C. The van der Waals surface area contributed by atoms with E-state index in [0.29, 0.717) is 6.61 Å². The monoisotopic (exact) mass is 519 g/mol. The summed E-state index contributed by atoms with van der Waals surface area (Å²) in [5, 5.41) is 2.31. The normalized spacial score (nSPS) is 30.3. The van der Waals surface area contributed by atoms with Gasteiger partial charge in [-0.1, -0.05) is 59.6 Å². The first-order valence-corrected chi connectivity index (χ1v) is 14.8. The van der Waals surface area contributed by atoms with Gasteiger partial charge in [0.15, 0.2) is 5.79 Å². The maximum Gasteiger partial charge on any atom is 0.174 e. The van der Waals surface area contributed by atoms with Crippen LogP contribution in [0.5, 0.6) is 5.75 Å². The molecule has 1 aromatic rings. The molecule has 0 amide bonds. The predicted octanol–water partition coefficient (Wildman–Crippen LogP) is 7.47. The van der Waals surface area contributed by atoms with Crippen LogP contribution < -0.4 is 4.74 Å². The minimum Gasteiger partial charge on any atom is -0.491 e. The number of ether oxygens (including phenoxy) is 4. The molecule has 0 N–H and O–H groups in total. The van der Waals surface area contributed by atoms with Gasteiger partial charge in [-0.2, -0.15) is 5.06 Å². The number of rotatable bonds is 16. The third-order valence-electron chi connectivity index (χ3n) is 8.79. The van der Waals surface area contributed by atoms with Crippen molar-refractivity contribution in [1.82, 2.24) is 5.06 Å². The zero-order chi connectivity index (χ0) is 27.1. The molecule has 2 aliphatic rings. The van der Waals surface area contributed by atoms with Gasteiger partial charge in [0.25, 0.3) is 0 Å². The maximum atomic E-state index is 6.91. The van der Waals surface area contributed by atoms with E-state index in [-0.39, 0.29) is 29.2 Å². The summed E-state index contributed by atoms with van der Waals surface area (Å²) in [4.78, 5) is 6.91. The molecule has 2 aliphatic heterocycles. The Morgan fingerprint density at radius 2 is 1.57 bits per heavy atom. The predicted molar refractivity (Wildman–Crippen MR) is 149 cm³/mol. The Morgan fingerprint density at radius 1 is 0.973 bits per heavy atom. The van der Waals surface area contributed by atoms with Crippen LogP contribution in [-0.2, 0) is 19.0 Å². The second-order valence-electron chi connectivity index (χ2n) is 11.6. The van der Waals surface area contributed by atoms with Gasteiger partial charge in [-0.05, 0) is 64.2 Å². The smallest absolute Gasteiger partial charge is 0.174 e. The van der Waals surface area contributed by atoms with E-state index in [1.54, 1.807) is 0 Å². The van der Waals surface area contributed by atoms with Gasteiger partial charge in [-0.25, -0.2) is 0 Å². The molecule has 3 rings (SSSR count). The summed E-state index contributed by atoms with van der Waals surface area (Å²) in [6.45, 7) is 20.9. The lowest BCUT2D eigenvalue weighted by Gasteiger charge is -2.63. The molecule has 37 heavy (non-hydrogen) atoms. The number of epoxide rings is 1. The summed E-state index contributed by atoms with van der Waals surface area (Å²) in [6, 6.07) is 8.28. The third kappa shape index (κ3) is 7.07. The van der Waals surface area contributed by atoms with E-state index in [0.717, 1.165) is 76.1 Å². The van der Waals surface area contributed by atoms with Crippen molar-refractivity contribution in [3.05, 3.63) is 29.8 Å². The van der Waals surface area contributed by atoms with Crippen LogP contribution in [0.3, 0.4) is 0 Å². The Kier molecular flexibility index (Phi) is 10.9. The van der Waals surface area contributed by atoms with Crippen molar-refractivity contribution in [2.45, 2.75) is 129 Å². The molecule has 6 nitrogen and oxygen atoms in total. The Morgan fingerprint density at radius 3 is 2.05 bits per heavy atom. The zero-order valence-corrected chi connectivity index (χ0v) is 24.8. The number of hydrogen-bond donors (Lipinski definition) is 0. The number of hydroxylamine groups is 2. The van der Waals surface area contributed by atoms with Crippen molar-refractivity contribution in [2.24, 2.45) is 5.92 Å². The van der Waals surface area contributed by atoms with Crippen LogP contribution in [0.2, 0.25) is 0 Å². The molecule has 5 atom stereocenters. The number of piperidine rings is 1. The summed E-state index contributed by atoms with van der Waals surface area (Å²) >= 11 is 0. The molecule has 2 fully saturated rings. The van der Waals surface area contributed by atoms with Crippen molar-refractivity contribution >= 4 is 0 Å². The molecule has 0 aliphatic carbocycles. The molecular formula is C31H53NO5. The van der Waals surface area contributed by atoms with Gasteiger partial charge in [-0.15, -0.1) is 0 Å². The molecule has 0 radical (unpaired) electrons. The average Bonchev–Trinajstić information content (AvgIpc) is 3.74. The number of nitrogens with zero attached hydrogens (tertiary/aromatic N) is 1. The molecule has 6 heteroatoms. The number of hydrogen-bond acceptors (Lipinski definition) is 6. The van der Waals surface area contributed by atoms with Gasteiger partial charge in [-0.3, -0.25) is 4.84 Å². The van der Waals surface area contributed by atoms with Crippen molar-refractivity contribution < 1.29 is 23.8 Å². The van der Waals surface area contributed by atoms with Gasteiger partial charge in [0, 0.05) is 17.9 Å². The minimum atomic E-state index is -0.618. The van der Waals surface area contributed by atoms with E-state index in [9.17, 15) is 0 Å². The zero-order valence-electron chi connectivity index (χ0n) is 24.8. The average molecular weight is 520 g/mol. The van der Waals surface area contributed by atoms with Crippen molar-refractivity contribution in [3.63, 3.8) is 0 Å². The standard InChI is InChI=1S/C31H53NO5/c1-9-13-19-35-31(36-20-14-10-2)23-29(7,11-3)32(30(8,12-4)25(31)6)37-24(5)26-15-17-27(18-16-26)33-21-28-22-34-28/h15-18,24-25,28H,9-14,19-23H2,1-8H3. The lowest BCUT2D eigenvalue weighted by molar-refractivity contribution is -0.396. The second kappa shape index (κ2) is 13.3. The number of benzene rings is 1. The topological polar surface area (TPSA) is 52.7 Å². The Hall–Kier alpha value is -1.18. The fraction of sp³-hybridized carbons (Fsp3) is 0.806. The van der Waals surface area contributed by atoms with Gasteiger partial charge in [0.1, 0.15) is 24.6 Å². The highest BCUT2D eigenvalue weighted by atomic mass is 16.7. The van der Waals surface area contributed by atoms with Crippen LogP contribution in [0.1, 0.15) is 112 Å². The summed E-state index contributed by atoms with van der Waals surface area (Å²) in [5.74, 6) is 0.381. The van der Waals surface area contributed by atoms with Gasteiger partial charge in [0.05, 0.1) is 25.4 Å². The molecule has 0 spiro atoms. The first kappa shape index (κ1) is 30.4. The highest BCUT2D eigenvalue weighted by molar-refractivity contribution is 5.28. The Balaban J connectivity index is 1.83. The van der Waals surface area contributed by atoms with E-state index in [2.05, 4.69) is 72.6 Å². The molecule has 212 valence electrons. The first-order valence-electron chi connectivity index (χ1n) is 14.8. The highest BCUT2D eigenvalue weighted by Gasteiger charge is 2.62. The molecule has 1 aromatic carbocycles. The van der Waals surface area contributed by atoms with Gasteiger partial charge in [0.2, 0.25) is 0 Å². The van der Waals surface area contributed by atoms with Gasteiger partial charge >= 0.3 is 0 Å². The molecule has 2 saturated heterocycles. The fourth-order valence-electron chi connectivity index (χ4n) is 5.57. The third-order valence-corrected chi connectivity index (χ3v) is 8.79. The largest absolute Gasteiger partial charge is 0.491 e. The van der Waals surface area contributed by atoms with Crippen LogP contribution in [0, 0.1) is 5.92 Å². The fourth-order valence-corrected chi connectivity index (χ4v) is 5.57. The summed E-state index contributed by atoms with van der Waals surface area (Å²) < 4.78 is 24.5. The molecule has 0 aromatic heterocycles. The summed E-state index contributed by atoms with van der Waals surface area (Å²) in [5.41, 5.74) is 0.634. The Bertz CT molecular complexity index is 802. The van der Waals surface area contributed by atoms with Crippen molar-refractivity contribution in [3.8, 4) is 5.75 Å². The van der Waals surface area contributed by atoms with E-state index in [1.807, 2.05) is 12.1 Å². The first-order chi connectivity index (χ1) is 17.7. The second-order valence-corrected chi connectivity index (χ2v) is 11.6. The molecule has 0 saturated carbocycles. The lowest BCUT2D eigenvalue weighted by atomic mass is 9.67. The van der Waals surface area contributed by atoms with Gasteiger partial charge < -0.3 is 18.9 Å². The van der Waals surface area contributed by atoms with Crippen LogP contribution in [0.25, 0.3) is 0 Å². The molecular weight excluding hydrogens is 466 g/mol. The maximum absolute atomic E-state index is 6.91. The number of unbranched alkanes of at least 4 members (excludes halogenated alkanes) is 2.